The second kappa shape index (κ2) is 7.93. The zero-order valence-electron chi connectivity index (χ0n) is 16.6. The SMILES string of the molecule is CC1CCCC(C)N1c1nc2c(c(=O)[nH]1)C(c1ccc(Cl)cc1Cl)C(C#N)C(=O)N2. The van der Waals surface area contributed by atoms with E-state index in [1.165, 1.54) is 6.07 Å². The quantitative estimate of drug-likeness (QED) is 0.724. The molecule has 0 aliphatic carbocycles. The molecular weight excluding hydrogens is 425 g/mol. The van der Waals surface area contributed by atoms with Crippen LogP contribution < -0.4 is 15.8 Å². The van der Waals surface area contributed by atoms with Crippen molar-refractivity contribution in [1.29, 1.82) is 5.26 Å². The molecule has 4 unspecified atom stereocenters. The van der Waals surface area contributed by atoms with Crippen LogP contribution in [0.1, 0.15) is 50.2 Å². The van der Waals surface area contributed by atoms with Gasteiger partial charge in [0.2, 0.25) is 11.9 Å². The number of aromatic nitrogens is 2. The fourth-order valence-corrected chi connectivity index (χ4v) is 5.08. The van der Waals surface area contributed by atoms with E-state index in [0.29, 0.717) is 16.5 Å². The Morgan fingerprint density at radius 2 is 1.90 bits per heavy atom. The predicted octanol–water partition coefficient (Wildman–Crippen LogP) is 4.07. The van der Waals surface area contributed by atoms with Crippen LogP contribution in [-0.4, -0.2) is 28.0 Å². The molecule has 156 valence electrons. The van der Waals surface area contributed by atoms with Gasteiger partial charge in [-0.3, -0.25) is 14.6 Å². The van der Waals surface area contributed by atoms with Gasteiger partial charge in [-0.25, -0.2) is 0 Å². The third-order valence-electron chi connectivity index (χ3n) is 5.99. The van der Waals surface area contributed by atoms with Crippen LogP contribution in [-0.2, 0) is 4.79 Å². The Balaban J connectivity index is 1.88. The lowest BCUT2D eigenvalue weighted by atomic mass is 9.79. The van der Waals surface area contributed by atoms with Gasteiger partial charge in [0.25, 0.3) is 5.56 Å². The van der Waals surface area contributed by atoms with Crippen molar-refractivity contribution < 1.29 is 4.79 Å². The van der Waals surface area contributed by atoms with Gasteiger partial charge in [0, 0.05) is 28.0 Å². The summed E-state index contributed by atoms with van der Waals surface area (Å²) in [4.78, 5) is 35.5. The van der Waals surface area contributed by atoms with Crippen molar-refractivity contribution in [3.63, 3.8) is 0 Å². The first-order chi connectivity index (χ1) is 14.3. The second-order valence-corrected chi connectivity index (χ2v) is 8.77. The largest absolute Gasteiger partial charge is 0.337 e. The fraction of sp³-hybridized carbons (Fsp3) is 0.429. The molecule has 7 nitrogen and oxygen atoms in total. The van der Waals surface area contributed by atoms with E-state index in [1.54, 1.807) is 12.1 Å². The van der Waals surface area contributed by atoms with Crippen LogP contribution in [0, 0.1) is 17.2 Å². The average Bonchev–Trinajstić information content (AvgIpc) is 2.67. The molecule has 1 fully saturated rings. The van der Waals surface area contributed by atoms with Crippen molar-refractivity contribution in [3.05, 3.63) is 49.7 Å². The summed E-state index contributed by atoms with van der Waals surface area (Å²) in [6.45, 7) is 4.19. The van der Waals surface area contributed by atoms with Crippen LogP contribution in [0.4, 0.5) is 11.8 Å². The Hall–Kier alpha value is -2.56. The molecule has 4 atom stereocenters. The second-order valence-electron chi connectivity index (χ2n) is 7.93. The molecule has 1 aromatic carbocycles. The van der Waals surface area contributed by atoms with Crippen LogP contribution >= 0.6 is 23.2 Å². The van der Waals surface area contributed by atoms with Gasteiger partial charge in [0.05, 0.1) is 11.6 Å². The number of carbonyl (C=O) groups excluding carboxylic acids is 1. The summed E-state index contributed by atoms with van der Waals surface area (Å²) in [5.74, 6) is -1.87. The van der Waals surface area contributed by atoms with Crippen molar-refractivity contribution >= 4 is 40.9 Å². The lowest BCUT2D eigenvalue weighted by Gasteiger charge is -2.40. The number of fused-ring (bicyclic) bond motifs is 1. The predicted molar refractivity (Wildman–Crippen MR) is 116 cm³/mol. The van der Waals surface area contributed by atoms with E-state index in [2.05, 4.69) is 34.0 Å². The van der Waals surface area contributed by atoms with Crippen molar-refractivity contribution in [2.75, 3.05) is 10.2 Å². The van der Waals surface area contributed by atoms with Gasteiger partial charge in [0.1, 0.15) is 11.7 Å². The number of carbonyl (C=O) groups is 1. The fourth-order valence-electron chi connectivity index (χ4n) is 4.55. The van der Waals surface area contributed by atoms with Crippen molar-refractivity contribution in [2.45, 2.75) is 51.1 Å². The van der Waals surface area contributed by atoms with Gasteiger partial charge < -0.3 is 10.2 Å². The maximum absolute atomic E-state index is 13.2. The van der Waals surface area contributed by atoms with Gasteiger partial charge in [-0.05, 0) is 50.8 Å². The molecule has 0 spiro atoms. The molecule has 0 bridgehead atoms. The summed E-state index contributed by atoms with van der Waals surface area (Å²) < 4.78 is 0. The number of aromatic amines is 1. The number of rotatable bonds is 2. The molecule has 1 aromatic heterocycles. The number of hydrogen-bond acceptors (Lipinski definition) is 5. The third kappa shape index (κ3) is 3.44. The summed E-state index contributed by atoms with van der Waals surface area (Å²) in [5, 5.41) is 13.0. The molecule has 9 heteroatoms. The molecule has 30 heavy (non-hydrogen) atoms. The number of halogens is 2. The van der Waals surface area contributed by atoms with E-state index < -0.39 is 23.3 Å². The van der Waals surface area contributed by atoms with Crippen LogP contribution in [0.25, 0.3) is 0 Å². The number of nitriles is 1. The monoisotopic (exact) mass is 445 g/mol. The molecule has 1 saturated heterocycles. The first-order valence-electron chi connectivity index (χ1n) is 9.89. The normalized spacial score (nSPS) is 26.0. The zero-order valence-corrected chi connectivity index (χ0v) is 18.1. The lowest BCUT2D eigenvalue weighted by Crippen LogP contribution is -2.46. The van der Waals surface area contributed by atoms with E-state index in [9.17, 15) is 14.9 Å². The van der Waals surface area contributed by atoms with Crippen molar-refractivity contribution in [1.82, 2.24) is 9.97 Å². The average molecular weight is 446 g/mol. The van der Waals surface area contributed by atoms with Gasteiger partial charge in [-0.2, -0.15) is 10.2 Å². The highest BCUT2D eigenvalue weighted by Gasteiger charge is 2.41. The minimum Gasteiger partial charge on any atom is -0.337 e. The highest BCUT2D eigenvalue weighted by Crippen LogP contribution is 2.41. The number of benzene rings is 1. The number of anilines is 2. The third-order valence-corrected chi connectivity index (χ3v) is 6.55. The molecule has 3 heterocycles. The highest BCUT2D eigenvalue weighted by molar-refractivity contribution is 6.35. The maximum atomic E-state index is 13.2. The number of hydrogen-bond donors (Lipinski definition) is 2. The molecule has 1 amide bonds. The first-order valence-corrected chi connectivity index (χ1v) is 10.7. The Labute approximate surface area is 184 Å². The zero-order chi connectivity index (χ0) is 21.6. The Morgan fingerprint density at radius 1 is 1.20 bits per heavy atom. The van der Waals surface area contributed by atoms with Crippen LogP contribution in [0.3, 0.4) is 0 Å². The van der Waals surface area contributed by atoms with Gasteiger partial charge >= 0.3 is 0 Å². The molecule has 2 aliphatic heterocycles. The molecular formula is C21H21Cl2N5O2. The molecule has 0 radical (unpaired) electrons. The number of nitrogens with one attached hydrogen (secondary N) is 2. The smallest absolute Gasteiger partial charge is 0.258 e. The standard InChI is InChI=1S/C21H21Cl2N5O2/c1-10-4-3-5-11(2)28(10)21-26-18-17(20(30)27-21)16(14(9-24)19(29)25-18)13-7-6-12(22)8-15(13)23/h6-8,10-11,14,16H,3-5H2,1-2H3,(H2,25,26,27,29,30). The van der Waals surface area contributed by atoms with Gasteiger partial charge in [0.15, 0.2) is 0 Å². The number of nitrogens with zero attached hydrogens (tertiary/aromatic N) is 3. The topological polar surface area (TPSA) is 102 Å². The number of piperidine rings is 1. The minimum atomic E-state index is -1.11. The van der Waals surface area contributed by atoms with Crippen LogP contribution in [0.5, 0.6) is 0 Å². The number of amides is 1. The molecule has 2 aromatic rings. The summed E-state index contributed by atoms with van der Waals surface area (Å²) in [5.41, 5.74) is 0.325. The summed E-state index contributed by atoms with van der Waals surface area (Å²) in [6, 6.07) is 7.23. The van der Waals surface area contributed by atoms with Gasteiger partial charge in [-0.15, -0.1) is 0 Å². The van der Waals surface area contributed by atoms with E-state index in [4.69, 9.17) is 23.2 Å². The Bertz CT molecular complexity index is 1100. The molecule has 2 aliphatic rings. The molecule has 0 saturated carbocycles. The minimum absolute atomic E-state index is 0.172. The van der Waals surface area contributed by atoms with E-state index in [1.807, 2.05) is 6.07 Å². The van der Waals surface area contributed by atoms with E-state index in [-0.39, 0.29) is 28.5 Å². The number of H-pyrrole nitrogens is 1. The Morgan fingerprint density at radius 3 is 2.53 bits per heavy atom. The maximum Gasteiger partial charge on any atom is 0.258 e. The highest BCUT2D eigenvalue weighted by atomic mass is 35.5. The van der Waals surface area contributed by atoms with Crippen molar-refractivity contribution in [3.8, 4) is 6.07 Å². The summed E-state index contributed by atoms with van der Waals surface area (Å²) >= 11 is 12.4. The lowest BCUT2D eigenvalue weighted by molar-refractivity contribution is -0.119. The first kappa shape index (κ1) is 20.7. The Kier molecular flexibility index (Phi) is 5.48. The van der Waals surface area contributed by atoms with Crippen LogP contribution in [0.15, 0.2) is 23.0 Å². The molecule has 4 rings (SSSR count). The van der Waals surface area contributed by atoms with Crippen molar-refractivity contribution in [2.24, 2.45) is 5.92 Å². The summed E-state index contributed by atoms with van der Waals surface area (Å²) in [7, 11) is 0. The van der Waals surface area contributed by atoms with E-state index in [0.717, 1.165) is 19.3 Å². The summed E-state index contributed by atoms with van der Waals surface area (Å²) in [6.07, 6.45) is 3.11. The van der Waals surface area contributed by atoms with Crippen LogP contribution in [0.2, 0.25) is 10.0 Å². The van der Waals surface area contributed by atoms with E-state index >= 15 is 0 Å². The molecule has 2 N–H and O–H groups in total. The van der Waals surface area contributed by atoms with Gasteiger partial charge in [-0.1, -0.05) is 29.3 Å².